The van der Waals surface area contributed by atoms with E-state index in [1.54, 1.807) is 11.8 Å². The molecule has 0 radical (unpaired) electrons. The van der Waals surface area contributed by atoms with Crippen LogP contribution in [0.2, 0.25) is 0 Å². The van der Waals surface area contributed by atoms with Crippen LogP contribution in [-0.4, -0.2) is 62.1 Å². The maximum atomic E-state index is 11.7. The summed E-state index contributed by atoms with van der Waals surface area (Å²) in [4.78, 5) is 18.5. The van der Waals surface area contributed by atoms with E-state index in [-0.39, 0.29) is 11.9 Å². The van der Waals surface area contributed by atoms with Crippen LogP contribution in [0.3, 0.4) is 0 Å². The van der Waals surface area contributed by atoms with Gasteiger partial charge in [0.2, 0.25) is 0 Å². The van der Waals surface area contributed by atoms with Crippen LogP contribution >= 0.6 is 11.8 Å². The number of esters is 1. The lowest BCUT2D eigenvalue weighted by Gasteiger charge is -2.21. The second kappa shape index (κ2) is 8.30. The summed E-state index contributed by atoms with van der Waals surface area (Å²) in [7, 11) is 1.45. The van der Waals surface area contributed by atoms with Crippen molar-refractivity contribution >= 4 is 23.7 Å². The fraction of sp³-hybridized carbons (Fsp3) is 0.846. The highest BCUT2D eigenvalue weighted by molar-refractivity contribution is 7.98. The summed E-state index contributed by atoms with van der Waals surface area (Å²) in [5.74, 6) is 2.06. The Hall–Kier alpha value is -0.910. The lowest BCUT2D eigenvalue weighted by molar-refractivity contribution is -0.145. The number of carbonyl (C=O) groups excluding carboxylic acids is 1. The van der Waals surface area contributed by atoms with Crippen molar-refractivity contribution < 1.29 is 9.53 Å². The maximum absolute atomic E-state index is 11.7. The molecule has 19 heavy (non-hydrogen) atoms. The fourth-order valence-corrected chi connectivity index (χ4v) is 2.54. The van der Waals surface area contributed by atoms with Crippen molar-refractivity contribution in [3.05, 3.63) is 0 Å². The normalized spacial score (nSPS) is 23.6. The number of rotatable bonds is 5. The molecule has 0 aliphatic carbocycles. The second-order valence-corrected chi connectivity index (χ2v) is 5.73. The number of methoxy groups -OCH3 is 1. The first-order valence-electron chi connectivity index (χ1n) is 6.74. The molecular formula is C13H25N3O2S. The molecule has 6 heteroatoms. The van der Waals surface area contributed by atoms with Gasteiger partial charge in [0, 0.05) is 25.4 Å². The first-order chi connectivity index (χ1) is 9.13. The minimum Gasteiger partial charge on any atom is -0.469 e. The third kappa shape index (κ3) is 4.60. The third-order valence-corrected chi connectivity index (χ3v) is 3.90. The van der Waals surface area contributed by atoms with E-state index in [2.05, 4.69) is 35.3 Å². The SMILES string of the molecule is CCNC(=NCCSC)N1CC(C)C(C(=O)OC)C1. The zero-order chi connectivity index (χ0) is 14.3. The molecule has 0 aromatic heterocycles. The van der Waals surface area contributed by atoms with Crippen molar-refractivity contribution in [3.8, 4) is 0 Å². The van der Waals surface area contributed by atoms with Crippen LogP contribution < -0.4 is 5.32 Å². The molecule has 0 saturated carbocycles. The molecule has 0 spiro atoms. The third-order valence-electron chi connectivity index (χ3n) is 3.31. The average Bonchev–Trinajstić information content (AvgIpc) is 2.79. The molecule has 1 aliphatic heterocycles. The molecule has 0 aromatic rings. The molecule has 2 atom stereocenters. The Kier molecular flexibility index (Phi) is 7.05. The first-order valence-corrected chi connectivity index (χ1v) is 8.13. The van der Waals surface area contributed by atoms with Gasteiger partial charge >= 0.3 is 5.97 Å². The molecule has 1 heterocycles. The first kappa shape index (κ1) is 16.1. The van der Waals surface area contributed by atoms with E-state index in [1.165, 1.54) is 7.11 Å². The van der Waals surface area contributed by atoms with Crippen LogP contribution in [0.1, 0.15) is 13.8 Å². The topological polar surface area (TPSA) is 53.9 Å². The lowest BCUT2D eigenvalue weighted by atomic mass is 9.99. The smallest absolute Gasteiger partial charge is 0.310 e. The lowest BCUT2D eigenvalue weighted by Crippen LogP contribution is -2.40. The highest BCUT2D eigenvalue weighted by atomic mass is 32.2. The summed E-state index contributed by atoms with van der Waals surface area (Å²) in [5, 5.41) is 3.30. The zero-order valence-corrected chi connectivity index (χ0v) is 13.1. The summed E-state index contributed by atoms with van der Waals surface area (Å²) in [5.41, 5.74) is 0. The van der Waals surface area contributed by atoms with Crippen LogP contribution in [0.4, 0.5) is 0 Å². The molecule has 5 nitrogen and oxygen atoms in total. The van der Waals surface area contributed by atoms with Gasteiger partial charge in [-0.25, -0.2) is 0 Å². The van der Waals surface area contributed by atoms with Crippen molar-refractivity contribution in [3.63, 3.8) is 0 Å². The Morgan fingerprint density at radius 3 is 2.84 bits per heavy atom. The van der Waals surface area contributed by atoms with Crippen LogP contribution in [0.15, 0.2) is 4.99 Å². The number of guanidine groups is 1. The van der Waals surface area contributed by atoms with Gasteiger partial charge in [-0.3, -0.25) is 9.79 Å². The Morgan fingerprint density at radius 2 is 2.26 bits per heavy atom. The van der Waals surface area contributed by atoms with Crippen molar-refractivity contribution in [1.29, 1.82) is 0 Å². The summed E-state index contributed by atoms with van der Waals surface area (Å²) in [6.45, 7) is 7.33. The van der Waals surface area contributed by atoms with Gasteiger partial charge < -0.3 is 15.0 Å². The van der Waals surface area contributed by atoms with Crippen molar-refractivity contribution in [1.82, 2.24) is 10.2 Å². The molecule has 0 aromatic carbocycles. The minimum absolute atomic E-state index is 0.0468. The quantitative estimate of drug-likeness (QED) is 0.355. The largest absolute Gasteiger partial charge is 0.469 e. The predicted molar refractivity (Wildman–Crippen MR) is 80.6 cm³/mol. The van der Waals surface area contributed by atoms with Gasteiger partial charge in [0.15, 0.2) is 5.96 Å². The van der Waals surface area contributed by atoms with E-state index >= 15 is 0 Å². The average molecular weight is 287 g/mol. The van der Waals surface area contributed by atoms with Crippen molar-refractivity contribution in [2.45, 2.75) is 13.8 Å². The molecule has 0 bridgehead atoms. The summed E-state index contributed by atoms with van der Waals surface area (Å²) in [6, 6.07) is 0. The fourth-order valence-electron chi connectivity index (χ4n) is 2.27. The van der Waals surface area contributed by atoms with Gasteiger partial charge in [-0.2, -0.15) is 11.8 Å². The van der Waals surface area contributed by atoms with E-state index in [4.69, 9.17) is 4.74 Å². The standard InChI is InChI=1S/C13H25N3O2S/c1-5-14-13(15-6-7-19-4)16-8-10(2)11(9-16)12(17)18-3/h10-11H,5-9H2,1-4H3,(H,14,15). The number of nitrogens with zero attached hydrogens (tertiary/aromatic N) is 2. The van der Waals surface area contributed by atoms with E-state index in [0.29, 0.717) is 12.5 Å². The number of hydrogen-bond acceptors (Lipinski definition) is 4. The molecule has 110 valence electrons. The van der Waals surface area contributed by atoms with Crippen molar-refractivity contribution in [2.24, 2.45) is 16.8 Å². The number of hydrogen-bond donors (Lipinski definition) is 1. The second-order valence-electron chi connectivity index (χ2n) is 4.74. The van der Waals surface area contributed by atoms with Crippen molar-refractivity contribution in [2.75, 3.05) is 45.3 Å². The summed E-state index contributed by atoms with van der Waals surface area (Å²) in [6.07, 6.45) is 2.08. The predicted octanol–water partition coefficient (Wildman–Crippen LogP) is 1.06. The molecule has 1 N–H and O–H groups in total. The van der Waals surface area contributed by atoms with E-state index in [0.717, 1.165) is 31.3 Å². The Bertz CT molecular complexity index is 323. The minimum atomic E-state index is -0.116. The van der Waals surface area contributed by atoms with Gasteiger partial charge in [-0.05, 0) is 19.1 Å². The number of nitrogens with one attached hydrogen (secondary N) is 1. The Labute approximate surface area is 120 Å². The summed E-state index contributed by atoms with van der Waals surface area (Å²) < 4.78 is 4.86. The molecule has 1 saturated heterocycles. The van der Waals surface area contributed by atoms with Crippen LogP contribution in [0.5, 0.6) is 0 Å². The molecule has 1 rings (SSSR count). The van der Waals surface area contributed by atoms with Gasteiger partial charge in [0.25, 0.3) is 0 Å². The Morgan fingerprint density at radius 1 is 1.53 bits per heavy atom. The number of likely N-dealkylation sites (tertiary alicyclic amines) is 1. The van der Waals surface area contributed by atoms with Gasteiger partial charge in [0.1, 0.15) is 0 Å². The molecular weight excluding hydrogens is 262 g/mol. The van der Waals surface area contributed by atoms with Gasteiger partial charge in [-0.15, -0.1) is 0 Å². The monoisotopic (exact) mass is 287 g/mol. The zero-order valence-electron chi connectivity index (χ0n) is 12.3. The number of carbonyl (C=O) groups is 1. The number of thioether (sulfide) groups is 1. The van der Waals surface area contributed by atoms with Gasteiger partial charge in [0.05, 0.1) is 19.6 Å². The Balaban J connectivity index is 2.66. The van der Waals surface area contributed by atoms with Gasteiger partial charge in [-0.1, -0.05) is 6.92 Å². The van der Waals surface area contributed by atoms with E-state index in [1.807, 2.05) is 0 Å². The van der Waals surface area contributed by atoms with Crippen LogP contribution in [0, 0.1) is 11.8 Å². The number of aliphatic imine (C=N–C) groups is 1. The molecule has 1 aliphatic rings. The molecule has 0 amide bonds. The molecule has 2 unspecified atom stereocenters. The van der Waals surface area contributed by atoms with Crippen LogP contribution in [0.25, 0.3) is 0 Å². The van der Waals surface area contributed by atoms with E-state index < -0.39 is 0 Å². The molecule has 1 fully saturated rings. The number of ether oxygens (including phenoxy) is 1. The highest BCUT2D eigenvalue weighted by Crippen LogP contribution is 2.24. The highest BCUT2D eigenvalue weighted by Gasteiger charge is 2.36. The van der Waals surface area contributed by atoms with Crippen LogP contribution in [-0.2, 0) is 9.53 Å². The summed E-state index contributed by atoms with van der Waals surface area (Å²) >= 11 is 1.79. The maximum Gasteiger partial charge on any atom is 0.310 e. The van der Waals surface area contributed by atoms with E-state index in [9.17, 15) is 4.79 Å².